The molecule has 1 atom stereocenters. The van der Waals surface area contributed by atoms with Gasteiger partial charge in [0.2, 0.25) is 0 Å². The number of azide groups is 1. The molecule has 1 fully saturated rings. The summed E-state index contributed by atoms with van der Waals surface area (Å²) in [6.45, 7) is 0.589. The molecule has 0 aromatic carbocycles. The number of sulfonamides is 1. The van der Waals surface area contributed by atoms with E-state index in [4.69, 9.17) is 5.53 Å². The van der Waals surface area contributed by atoms with Gasteiger partial charge in [-0.1, -0.05) is 5.11 Å². The zero-order valence-electron chi connectivity index (χ0n) is 9.26. The van der Waals surface area contributed by atoms with E-state index in [1.165, 1.54) is 16.8 Å². The molecule has 2 rings (SSSR count). The standard InChI is InChI=1S/C8H12N6O2S/c1-13-5-8(10-6-13)17(15,16)14-3-2-7(4-14)11-12-9/h5-7H,2-4H2,1H3. The van der Waals surface area contributed by atoms with E-state index in [9.17, 15) is 8.42 Å². The Balaban J connectivity index is 2.21. The highest BCUT2D eigenvalue weighted by Gasteiger charge is 2.33. The Bertz CT molecular complexity index is 558. The Morgan fingerprint density at radius 3 is 3.00 bits per heavy atom. The predicted octanol–water partition coefficient (Wildman–Crippen LogP) is 0.493. The Hall–Kier alpha value is -1.57. The monoisotopic (exact) mass is 256 g/mol. The molecule has 1 unspecified atom stereocenters. The zero-order chi connectivity index (χ0) is 12.5. The normalized spacial score (nSPS) is 21.4. The molecule has 0 radical (unpaired) electrons. The summed E-state index contributed by atoms with van der Waals surface area (Å²) in [6.07, 6.45) is 3.44. The van der Waals surface area contributed by atoms with E-state index in [0.29, 0.717) is 13.0 Å². The highest BCUT2D eigenvalue weighted by atomic mass is 32.2. The van der Waals surface area contributed by atoms with Crippen molar-refractivity contribution >= 4 is 10.0 Å². The second-order valence-electron chi connectivity index (χ2n) is 3.89. The highest BCUT2D eigenvalue weighted by molar-refractivity contribution is 7.89. The van der Waals surface area contributed by atoms with Crippen LogP contribution in [0.3, 0.4) is 0 Å². The lowest BCUT2D eigenvalue weighted by molar-refractivity contribution is 0.470. The van der Waals surface area contributed by atoms with E-state index in [1.54, 1.807) is 11.6 Å². The predicted molar refractivity (Wildman–Crippen MR) is 59.5 cm³/mol. The van der Waals surface area contributed by atoms with Crippen LogP contribution in [0.2, 0.25) is 0 Å². The van der Waals surface area contributed by atoms with Crippen molar-refractivity contribution in [3.05, 3.63) is 23.0 Å². The topological polar surface area (TPSA) is 104 Å². The number of hydrogen-bond donors (Lipinski definition) is 0. The van der Waals surface area contributed by atoms with E-state index < -0.39 is 10.0 Å². The number of rotatable bonds is 3. The van der Waals surface area contributed by atoms with Crippen LogP contribution in [0.1, 0.15) is 6.42 Å². The van der Waals surface area contributed by atoms with Crippen LogP contribution in [0.15, 0.2) is 22.7 Å². The summed E-state index contributed by atoms with van der Waals surface area (Å²) in [4.78, 5) is 6.53. The van der Waals surface area contributed by atoms with Gasteiger partial charge in [-0.15, -0.1) is 0 Å². The maximum absolute atomic E-state index is 12.1. The fourth-order valence-corrected chi connectivity index (χ4v) is 3.21. The first-order valence-electron chi connectivity index (χ1n) is 5.06. The Morgan fingerprint density at radius 2 is 2.41 bits per heavy atom. The number of nitrogens with zero attached hydrogens (tertiary/aromatic N) is 6. The molecule has 0 spiro atoms. The van der Waals surface area contributed by atoms with Crippen molar-refractivity contribution in [3.8, 4) is 0 Å². The van der Waals surface area contributed by atoms with E-state index in [0.717, 1.165) is 0 Å². The molecule has 1 aliphatic heterocycles. The first-order chi connectivity index (χ1) is 8.04. The third-order valence-corrected chi connectivity index (χ3v) is 4.38. The van der Waals surface area contributed by atoms with Crippen LogP contribution in [-0.4, -0.2) is 41.4 Å². The van der Waals surface area contributed by atoms with Gasteiger partial charge < -0.3 is 4.57 Å². The average Bonchev–Trinajstić information content (AvgIpc) is 2.88. The van der Waals surface area contributed by atoms with E-state index in [2.05, 4.69) is 15.0 Å². The Morgan fingerprint density at radius 1 is 1.65 bits per heavy atom. The SMILES string of the molecule is Cn1cnc(S(=O)(=O)N2CCC(N=[N+]=[N-])C2)c1. The van der Waals surface area contributed by atoms with Crippen molar-refractivity contribution in [3.63, 3.8) is 0 Å². The van der Waals surface area contributed by atoms with E-state index >= 15 is 0 Å². The molecule has 92 valence electrons. The number of aromatic nitrogens is 2. The van der Waals surface area contributed by atoms with Crippen molar-refractivity contribution in [1.29, 1.82) is 0 Å². The molecule has 9 heteroatoms. The number of hydrogen-bond acceptors (Lipinski definition) is 4. The second kappa shape index (κ2) is 4.36. The minimum absolute atomic E-state index is 0.0292. The van der Waals surface area contributed by atoms with Crippen molar-refractivity contribution < 1.29 is 8.42 Å². The first kappa shape index (κ1) is 11.9. The minimum atomic E-state index is -3.55. The fraction of sp³-hybridized carbons (Fsp3) is 0.625. The lowest BCUT2D eigenvalue weighted by Crippen LogP contribution is -2.29. The smallest absolute Gasteiger partial charge is 0.262 e. The molecule has 1 aromatic rings. The van der Waals surface area contributed by atoms with Gasteiger partial charge in [-0.3, -0.25) is 0 Å². The molecule has 1 saturated heterocycles. The highest BCUT2D eigenvalue weighted by Crippen LogP contribution is 2.21. The van der Waals surface area contributed by atoms with E-state index in [1.807, 2.05) is 0 Å². The first-order valence-corrected chi connectivity index (χ1v) is 6.50. The van der Waals surface area contributed by atoms with Crippen molar-refractivity contribution in [2.24, 2.45) is 12.2 Å². The fourth-order valence-electron chi connectivity index (χ4n) is 1.75. The summed E-state index contributed by atoms with van der Waals surface area (Å²) in [6, 6.07) is -0.279. The maximum Gasteiger partial charge on any atom is 0.262 e. The van der Waals surface area contributed by atoms with Gasteiger partial charge in [0.05, 0.1) is 12.4 Å². The van der Waals surface area contributed by atoms with Crippen LogP contribution in [-0.2, 0) is 17.1 Å². The zero-order valence-corrected chi connectivity index (χ0v) is 10.1. The van der Waals surface area contributed by atoms with E-state index in [-0.39, 0.29) is 17.6 Å². The quantitative estimate of drug-likeness (QED) is 0.446. The van der Waals surface area contributed by atoms with Gasteiger partial charge in [0.1, 0.15) is 0 Å². The molecule has 8 nitrogen and oxygen atoms in total. The summed E-state index contributed by atoms with van der Waals surface area (Å²) in [5.41, 5.74) is 8.31. The number of aryl methyl sites for hydroxylation is 1. The number of imidazole rings is 1. The van der Waals surface area contributed by atoms with Gasteiger partial charge in [0.15, 0.2) is 5.03 Å². The van der Waals surface area contributed by atoms with Gasteiger partial charge in [0, 0.05) is 31.2 Å². The van der Waals surface area contributed by atoms with Crippen LogP contribution in [0, 0.1) is 0 Å². The molecule has 1 aromatic heterocycles. The third-order valence-electron chi connectivity index (χ3n) is 2.63. The molecular formula is C8H12N6O2S. The minimum Gasteiger partial charge on any atom is -0.339 e. The van der Waals surface area contributed by atoms with Gasteiger partial charge in [0.25, 0.3) is 10.0 Å². The molecule has 0 aliphatic carbocycles. The van der Waals surface area contributed by atoms with Gasteiger partial charge >= 0.3 is 0 Å². The average molecular weight is 256 g/mol. The lowest BCUT2D eigenvalue weighted by Gasteiger charge is -2.13. The molecule has 0 bridgehead atoms. The van der Waals surface area contributed by atoms with Gasteiger partial charge in [-0.2, -0.15) is 4.31 Å². The summed E-state index contributed by atoms with van der Waals surface area (Å²) < 4.78 is 27.1. The summed E-state index contributed by atoms with van der Waals surface area (Å²) in [5, 5.41) is 3.56. The van der Waals surface area contributed by atoms with Crippen LogP contribution in [0.5, 0.6) is 0 Å². The largest absolute Gasteiger partial charge is 0.339 e. The summed E-state index contributed by atoms with van der Waals surface area (Å²) in [7, 11) is -1.84. The second-order valence-corrected chi connectivity index (χ2v) is 5.77. The Kier molecular flexibility index (Phi) is 3.05. The van der Waals surface area contributed by atoms with Crippen LogP contribution < -0.4 is 0 Å². The third kappa shape index (κ3) is 2.26. The lowest BCUT2D eigenvalue weighted by atomic mass is 10.3. The summed E-state index contributed by atoms with van der Waals surface area (Å²) in [5.74, 6) is 0. The van der Waals surface area contributed by atoms with Crippen LogP contribution in [0.4, 0.5) is 0 Å². The van der Waals surface area contributed by atoms with Gasteiger partial charge in [-0.25, -0.2) is 13.4 Å². The molecule has 2 heterocycles. The van der Waals surface area contributed by atoms with Crippen molar-refractivity contribution in [2.75, 3.05) is 13.1 Å². The maximum atomic E-state index is 12.1. The molecule has 1 aliphatic rings. The molecule has 17 heavy (non-hydrogen) atoms. The van der Waals surface area contributed by atoms with Crippen molar-refractivity contribution in [2.45, 2.75) is 17.5 Å². The van der Waals surface area contributed by atoms with Gasteiger partial charge in [-0.05, 0) is 12.0 Å². The molecule has 0 amide bonds. The molecule has 0 saturated carbocycles. The Labute approximate surface area is 98.5 Å². The van der Waals surface area contributed by atoms with Crippen LogP contribution >= 0.6 is 0 Å². The van der Waals surface area contributed by atoms with Crippen LogP contribution in [0.25, 0.3) is 10.4 Å². The molecule has 0 N–H and O–H groups in total. The van der Waals surface area contributed by atoms with Crippen molar-refractivity contribution in [1.82, 2.24) is 13.9 Å². The molecular weight excluding hydrogens is 244 g/mol. The summed E-state index contributed by atoms with van der Waals surface area (Å²) >= 11 is 0.